The number of nitrogens with zero attached hydrogens (tertiary/aromatic N) is 2. The fourth-order valence-electron chi connectivity index (χ4n) is 2.19. The number of pyridine rings is 1. The van der Waals surface area contributed by atoms with E-state index in [-0.39, 0.29) is 0 Å². The molecule has 1 aliphatic rings. The Hall–Kier alpha value is -0.670. The Morgan fingerprint density at radius 3 is 2.61 bits per heavy atom. The molecule has 18 heavy (non-hydrogen) atoms. The monoisotopic (exact) mass is 287 g/mol. The van der Waals surface area contributed by atoms with Crippen LogP contribution in [0.25, 0.3) is 0 Å². The van der Waals surface area contributed by atoms with Crippen LogP contribution in [0.3, 0.4) is 0 Å². The topological polar surface area (TPSA) is 28.2 Å². The molecule has 0 radical (unpaired) electrons. The average molecular weight is 288 g/mol. The van der Waals surface area contributed by atoms with Crippen LogP contribution in [-0.4, -0.2) is 24.6 Å². The van der Waals surface area contributed by atoms with Crippen molar-refractivity contribution in [3.8, 4) is 0 Å². The summed E-state index contributed by atoms with van der Waals surface area (Å²) < 4.78 is 0. The van der Waals surface area contributed by atoms with E-state index in [9.17, 15) is 0 Å². The number of aromatic nitrogens is 1. The van der Waals surface area contributed by atoms with Crippen LogP contribution in [0.2, 0.25) is 10.0 Å². The van der Waals surface area contributed by atoms with Gasteiger partial charge in [0.1, 0.15) is 11.6 Å². The molecule has 0 spiro atoms. The first-order valence-corrected chi connectivity index (χ1v) is 7.22. The summed E-state index contributed by atoms with van der Waals surface area (Å²) in [7, 11) is 0. The first-order chi connectivity index (χ1) is 8.61. The van der Waals surface area contributed by atoms with Crippen LogP contribution in [0.15, 0.2) is 6.07 Å². The highest BCUT2D eigenvalue weighted by Crippen LogP contribution is 2.33. The average Bonchev–Trinajstić information content (AvgIpc) is 2.34. The molecule has 0 unspecified atom stereocenters. The van der Waals surface area contributed by atoms with E-state index in [1.807, 2.05) is 6.92 Å². The lowest BCUT2D eigenvalue weighted by molar-refractivity contribution is 0.437. The molecule has 0 aromatic carbocycles. The minimum atomic E-state index is 0.580. The summed E-state index contributed by atoms with van der Waals surface area (Å²) in [5.74, 6) is 2.36. The molecular weight excluding hydrogens is 269 g/mol. The normalized spacial score (nSPS) is 17.0. The van der Waals surface area contributed by atoms with Gasteiger partial charge in [0.15, 0.2) is 0 Å². The van der Waals surface area contributed by atoms with Crippen molar-refractivity contribution in [1.82, 2.24) is 4.98 Å². The van der Waals surface area contributed by atoms with Crippen LogP contribution < -0.4 is 10.2 Å². The summed E-state index contributed by atoms with van der Waals surface area (Å²) in [5.41, 5.74) is 0. The van der Waals surface area contributed by atoms with Crippen molar-refractivity contribution < 1.29 is 0 Å². The molecule has 1 fully saturated rings. The SMILES string of the molecule is CCNc1nc(N2CCC(C)CC2)c(Cl)cc1Cl. The van der Waals surface area contributed by atoms with Crippen molar-refractivity contribution in [2.75, 3.05) is 29.9 Å². The maximum atomic E-state index is 6.25. The van der Waals surface area contributed by atoms with Gasteiger partial charge in [0.2, 0.25) is 0 Å². The van der Waals surface area contributed by atoms with Crippen molar-refractivity contribution >= 4 is 34.8 Å². The van der Waals surface area contributed by atoms with Crippen LogP contribution in [0, 0.1) is 5.92 Å². The van der Waals surface area contributed by atoms with E-state index in [4.69, 9.17) is 23.2 Å². The molecule has 0 saturated carbocycles. The highest BCUT2D eigenvalue weighted by molar-refractivity contribution is 6.37. The van der Waals surface area contributed by atoms with Crippen molar-refractivity contribution in [2.24, 2.45) is 5.92 Å². The van der Waals surface area contributed by atoms with Crippen molar-refractivity contribution in [3.05, 3.63) is 16.1 Å². The van der Waals surface area contributed by atoms with E-state index in [0.29, 0.717) is 10.0 Å². The van der Waals surface area contributed by atoms with E-state index < -0.39 is 0 Å². The first-order valence-electron chi connectivity index (χ1n) is 6.46. The molecular formula is C13H19Cl2N3. The van der Waals surface area contributed by atoms with Crippen LogP contribution in [0.4, 0.5) is 11.6 Å². The molecule has 1 aliphatic heterocycles. The molecule has 1 aromatic rings. The summed E-state index contributed by atoms with van der Waals surface area (Å²) >= 11 is 12.4. The van der Waals surface area contributed by atoms with Crippen molar-refractivity contribution in [3.63, 3.8) is 0 Å². The van der Waals surface area contributed by atoms with Crippen LogP contribution in [0.1, 0.15) is 26.7 Å². The van der Waals surface area contributed by atoms with Crippen LogP contribution >= 0.6 is 23.2 Å². The molecule has 2 heterocycles. The number of hydrogen-bond acceptors (Lipinski definition) is 3. The van der Waals surface area contributed by atoms with Gasteiger partial charge in [-0.1, -0.05) is 30.1 Å². The Labute approximate surface area is 118 Å². The fourth-order valence-corrected chi connectivity index (χ4v) is 2.74. The van der Waals surface area contributed by atoms with Gasteiger partial charge < -0.3 is 10.2 Å². The lowest BCUT2D eigenvalue weighted by Gasteiger charge is -2.32. The minimum Gasteiger partial charge on any atom is -0.369 e. The van der Waals surface area contributed by atoms with Crippen LogP contribution in [0.5, 0.6) is 0 Å². The molecule has 100 valence electrons. The zero-order valence-corrected chi connectivity index (χ0v) is 12.4. The van der Waals surface area contributed by atoms with Gasteiger partial charge in [-0.25, -0.2) is 4.98 Å². The van der Waals surface area contributed by atoms with Gasteiger partial charge in [-0.15, -0.1) is 0 Å². The standard InChI is InChI=1S/C13H19Cl2N3/c1-3-16-12-10(14)8-11(15)13(17-12)18-6-4-9(2)5-7-18/h8-9H,3-7H2,1-2H3,(H,16,17). The van der Waals surface area contributed by atoms with E-state index in [2.05, 4.69) is 22.1 Å². The van der Waals surface area contributed by atoms with E-state index >= 15 is 0 Å². The second-order valence-electron chi connectivity index (χ2n) is 4.82. The van der Waals surface area contributed by atoms with E-state index in [1.54, 1.807) is 6.07 Å². The maximum absolute atomic E-state index is 6.25. The predicted molar refractivity (Wildman–Crippen MR) is 79.0 cm³/mol. The summed E-state index contributed by atoms with van der Waals surface area (Å²) in [6.45, 7) is 7.14. The Balaban J connectivity index is 2.23. The summed E-state index contributed by atoms with van der Waals surface area (Å²) in [6, 6.07) is 1.78. The Bertz CT molecular complexity index is 415. The summed E-state index contributed by atoms with van der Waals surface area (Å²) in [6.07, 6.45) is 2.38. The number of nitrogens with one attached hydrogen (secondary N) is 1. The van der Waals surface area contributed by atoms with E-state index in [0.717, 1.165) is 37.2 Å². The summed E-state index contributed by atoms with van der Waals surface area (Å²) in [4.78, 5) is 6.81. The van der Waals surface area contributed by atoms with Gasteiger partial charge in [0, 0.05) is 19.6 Å². The minimum absolute atomic E-state index is 0.580. The number of anilines is 2. The number of rotatable bonds is 3. The molecule has 2 rings (SSSR count). The maximum Gasteiger partial charge on any atom is 0.149 e. The van der Waals surface area contributed by atoms with Gasteiger partial charge in [-0.2, -0.15) is 0 Å². The Morgan fingerprint density at radius 1 is 1.33 bits per heavy atom. The van der Waals surface area contributed by atoms with Gasteiger partial charge in [-0.05, 0) is 31.7 Å². The van der Waals surface area contributed by atoms with Crippen molar-refractivity contribution in [2.45, 2.75) is 26.7 Å². The zero-order chi connectivity index (χ0) is 13.1. The Morgan fingerprint density at radius 2 is 2.00 bits per heavy atom. The van der Waals surface area contributed by atoms with E-state index in [1.165, 1.54) is 12.8 Å². The highest BCUT2D eigenvalue weighted by atomic mass is 35.5. The third-order valence-corrected chi connectivity index (χ3v) is 3.90. The third kappa shape index (κ3) is 3.01. The lowest BCUT2D eigenvalue weighted by atomic mass is 9.99. The molecule has 3 nitrogen and oxygen atoms in total. The number of piperidine rings is 1. The smallest absolute Gasteiger partial charge is 0.149 e. The molecule has 5 heteroatoms. The largest absolute Gasteiger partial charge is 0.369 e. The molecule has 0 bridgehead atoms. The van der Waals surface area contributed by atoms with Crippen molar-refractivity contribution in [1.29, 1.82) is 0 Å². The lowest BCUT2D eigenvalue weighted by Crippen LogP contribution is -2.33. The quantitative estimate of drug-likeness (QED) is 0.909. The second-order valence-corrected chi connectivity index (χ2v) is 5.64. The third-order valence-electron chi connectivity index (χ3n) is 3.34. The zero-order valence-electron chi connectivity index (χ0n) is 10.8. The molecule has 1 aromatic heterocycles. The fraction of sp³-hybridized carbons (Fsp3) is 0.615. The molecule has 0 aliphatic carbocycles. The highest BCUT2D eigenvalue weighted by Gasteiger charge is 2.20. The van der Waals surface area contributed by atoms with Gasteiger partial charge in [0.05, 0.1) is 10.0 Å². The van der Waals surface area contributed by atoms with Gasteiger partial charge in [0.25, 0.3) is 0 Å². The van der Waals surface area contributed by atoms with Gasteiger partial charge >= 0.3 is 0 Å². The van der Waals surface area contributed by atoms with Gasteiger partial charge in [-0.3, -0.25) is 0 Å². The van der Waals surface area contributed by atoms with Crippen LogP contribution in [-0.2, 0) is 0 Å². The second kappa shape index (κ2) is 5.98. The summed E-state index contributed by atoms with van der Waals surface area (Å²) in [5, 5.41) is 4.38. The number of halogens is 2. The molecule has 1 saturated heterocycles. The Kier molecular flexibility index (Phi) is 4.57. The molecule has 0 atom stereocenters. The first kappa shape index (κ1) is 13.8. The molecule has 0 amide bonds. The predicted octanol–water partition coefficient (Wildman–Crippen LogP) is 4.06. The molecule has 1 N–H and O–H groups in total. The number of hydrogen-bond donors (Lipinski definition) is 1.